The summed E-state index contributed by atoms with van der Waals surface area (Å²) in [5.41, 5.74) is 7.38. The normalized spacial score (nSPS) is 25.4. The number of morpholine rings is 1. The molecule has 0 saturated carbocycles. The van der Waals surface area contributed by atoms with Gasteiger partial charge in [0.15, 0.2) is 0 Å². The van der Waals surface area contributed by atoms with E-state index in [-0.39, 0.29) is 5.41 Å². The van der Waals surface area contributed by atoms with E-state index < -0.39 is 0 Å². The second kappa shape index (κ2) is 8.69. The van der Waals surface area contributed by atoms with E-state index in [1.54, 1.807) is 0 Å². The SMILES string of the molecule is CC1(CN)CCN(Cc2ccc(OCCN3CCOCC3)c(Cl)c2)C1. The van der Waals surface area contributed by atoms with Crippen LogP contribution in [0, 0.1) is 5.41 Å². The lowest BCUT2D eigenvalue weighted by Gasteiger charge is -2.26. The smallest absolute Gasteiger partial charge is 0.137 e. The molecule has 0 aliphatic carbocycles. The zero-order chi connectivity index (χ0) is 17.7. The van der Waals surface area contributed by atoms with Crippen molar-refractivity contribution in [3.8, 4) is 5.75 Å². The first kappa shape index (κ1) is 18.9. The Kier molecular flexibility index (Phi) is 6.58. The number of likely N-dealkylation sites (tertiary alicyclic amines) is 1. The Bertz CT molecular complexity index is 566. The van der Waals surface area contributed by atoms with Gasteiger partial charge in [0, 0.05) is 32.7 Å². The van der Waals surface area contributed by atoms with E-state index in [2.05, 4.69) is 22.8 Å². The summed E-state index contributed by atoms with van der Waals surface area (Å²) < 4.78 is 11.2. The first-order valence-corrected chi connectivity index (χ1v) is 9.59. The fraction of sp³-hybridized carbons (Fsp3) is 0.684. The Morgan fingerprint density at radius 2 is 2.04 bits per heavy atom. The number of nitrogens with zero attached hydrogens (tertiary/aromatic N) is 2. The van der Waals surface area contributed by atoms with E-state index in [1.165, 1.54) is 12.0 Å². The fourth-order valence-corrected chi connectivity index (χ4v) is 3.81. The van der Waals surface area contributed by atoms with Crippen LogP contribution in [0.15, 0.2) is 18.2 Å². The first-order valence-electron chi connectivity index (χ1n) is 9.22. The van der Waals surface area contributed by atoms with Crippen LogP contribution in [0.5, 0.6) is 5.75 Å². The molecule has 1 aromatic rings. The zero-order valence-electron chi connectivity index (χ0n) is 15.2. The number of rotatable bonds is 7. The average Bonchev–Trinajstić information content (AvgIpc) is 2.99. The number of halogens is 1. The lowest BCUT2D eigenvalue weighted by molar-refractivity contribution is 0.0322. The third kappa shape index (κ3) is 5.31. The molecule has 140 valence electrons. The van der Waals surface area contributed by atoms with Crippen LogP contribution in [0.3, 0.4) is 0 Å². The molecule has 1 atom stereocenters. The van der Waals surface area contributed by atoms with E-state index in [4.69, 9.17) is 26.8 Å². The first-order chi connectivity index (χ1) is 12.1. The maximum atomic E-state index is 6.42. The molecule has 2 fully saturated rings. The number of hydrogen-bond donors (Lipinski definition) is 1. The Hall–Kier alpha value is -0.850. The molecule has 2 aliphatic rings. The summed E-state index contributed by atoms with van der Waals surface area (Å²) in [6, 6.07) is 6.15. The van der Waals surface area contributed by atoms with Crippen molar-refractivity contribution >= 4 is 11.6 Å². The highest BCUT2D eigenvalue weighted by Crippen LogP contribution is 2.31. The fourth-order valence-electron chi connectivity index (χ4n) is 3.55. The summed E-state index contributed by atoms with van der Waals surface area (Å²) >= 11 is 6.42. The molecule has 1 unspecified atom stereocenters. The van der Waals surface area contributed by atoms with Gasteiger partial charge in [-0.3, -0.25) is 9.80 Å². The molecule has 0 bridgehead atoms. The van der Waals surface area contributed by atoms with Gasteiger partial charge < -0.3 is 15.2 Å². The zero-order valence-corrected chi connectivity index (χ0v) is 15.9. The van der Waals surface area contributed by atoms with Gasteiger partial charge in [-0.05, 0) is 42.6 Å². The number of ether oxygens (including phenoxy) is 2. The summed E-state index contributed by atoms with van der Waals surface area (Å²) in [7, 11) is 0. The van der Waals surface area contributed by atoms with E-state index in [1.807, 2.05) is 12.1 Å². The highest BCUT2D eigenvalue weighted by atomic mass is 35.5. The van der Waals surface area contributed by atoms with Crippen molar-refractivity contribution in [2.45, 2.75) is 19.9 Å². The molecule has 25 heavy (non-hydrogen) atoms. The molecular weight excluding hydrogens is 338 g/mol. The van der Waals surface area contributed by atoms with Crippen LogP contribution in [0.25, 0.3) is 0 Å². The van der Waals surface area contributed by atoms with Gasteiger partial charge in [0.25, 0.3) is 0 Å². The van der Waals surface area contributed by atoms with Crippen molar-refractivity contribution in [3.05, 3.63) is 28.8 Å². The molecular formula is C19H30ClN3O2. The Morgan fingerprint density at radius 1 is 1.24 bits per heavy atom. The lowest BCUT2D eigenvalue weighted by Crippen LogP contribution is -2.38. The van der Waals surface area contributed by atoms with Crippen LogP contribution >= 0.6 is 11.6 Å². The van der Waals surface area contributed by atoms with Crippen LogP contribution in [0.4, 0.5) is 0 Å². The number of benzene rings is 1. The molecule has 2 aliphatic heterocycles. The van der Waals surface area contributed by atoms with E-state index >= 15 is 0 Å². The Morgan fingerprint density at radius 3 is 2.72 bits per heavy atom. The van der Waals surface area contributed by atoms with Crippen molar-refractivity contribution in [1.29, 1.82) is 0 Å². The van der Waals surface area contributed by atoms with Crippen molar-refractivity contribution < 1.29 is 9.47 Å². The summed E-state index contributed by atoms with van der Waals surface area (Å²) in [6.07, 6.45) is 1.17. The van der Waals surface area contributed by atoms with Gasteiger partial charge in [0.05, 0.1) is 18.2 Å². The van der Waals surface area contributed by atoms with Gasteiger partial charge in [0.1, 0.15) is 12.4 Å². The minimum atomic E-state index is 0.256. The van der Waals surface area contributed by atoms with Gasteiger partial charge in [-0.2, -0.15) is 0 Å². The molecule has 0 amide bonds. The molecule has 0 spiro atoms. The predicted molar refractivity (Wildman–Crippen MR) is 101 cm³/mol. The minimum absolute atomic E-state index is 0.256. The van der Waals surface area contributed by atoms with Crippen LogP contribution in [0.2, 0.25) is 5.02 Å². The molecule has 3 rings (SSSR count). The standard InChI is InChI=1S/C19H30ClN3O2/c1-19(14-21)4-5-23(15-19)13-16-2-3-18(17(20)12-16)25-11-8-22-6-9-24-10-7-22/h2-3,12H,4-11,13-15,21H2,1H3. The highest BCUT2D eigenvalue weighted by Gasteiger charge is 2.32. The number of nitrogens with two attached hydrogens (primary N) is 1. The van der Waals surface area contributed by atoms with Gasteiger partial charge in [0.2, 0.25) is 0 Å². The highest BCUT2D eigenvalue weighted by molar-refractivity contribution is 6.32. The molecule has 2 saturated heterocycles. The van der Waals surface area contributed by atoms with Crippen LogP contribution < -0.4 is 10.5 Å². The Balaban J connectivity index is 1.47. The minimum Gasteiger partial charge on any atom is -0.491 e. The van der Waals surface area contributed by atoms with E-state index in [0.717, 1.165) is 64.8 Å². The van der Waals surface area contributed by atoms with Crippen molar-refractivity contribution in [2.75, 3.05) is 59.1 Å². The largest absolute Gasteiger partial charge is 0.491 e. The van der Waals surface area contributed by atoms with Gasteiger partial charge in [-0.1, -0.05) is 24.6 Å². The van der Waals surface area contributed by atoms with Crippen LogP contribution in [-0.4, -0.2) is 68.9 Å². The molecule has 6 heteroatoms. The number of hydrogen-bond acceptors (Lipinski definition) is 5. The summed E-state index contributed by atoms with van der Waals surface area (Å²) in [4.78, 5) is 4.81. The molecule has 1 aromatic carbocycles. The van der Waals surface area contributed by atoms with E-state index in [9.17, 15) is 0 Å². The second-order valence-electron chi connectivity index (χ2n) is 7.54. The third-order valence-corrected chi connectivity index (χ3v) is 5.60. The quantitative estimate of drug-likeness (QED) is 0.800. The lowest BCUT2D eigenvalue weighted by atomic mass is 9.90. The maximum Gasteiger partial charge on any atom is 0.137 e. The maximum absolute atomic E-state index is 6.42. The molecule has 5 nitrogen and oxygen atoms in total. The van der Waals surface area contributed by atoms with Gasteiger partial charge >= 0.3 is 0 Å². The van der Waals surface area contributed by atoms with Gasteiger partial charge in [-0.15, -0.1) is 0 Å². The van der Waals surface area contributed by atoms with Crippen molar-refractivity contribution in [3.63, 3.8) is 0 Å². The topological polar surface area (TPSA) is 51.0 Å². The average molecular weight is 368 g/mol. The van der Waals surface area contributed by atoms with E-state index in [0.29, 0.717) is 11.6 Å². The summed E-state index contributed by atoms with van der Waals surface area (Å²) in [6.45, 7) is 11.2. The molecule has 2 N–H and O–H groups in total. The second-order valence-corrected chi connectivity index (χ2v) is 7.95. The molecule has 0 radical (unpaired) electrons. The monoisotopic (exact) mass is 367 g/mol. The molecule has 2 heterocycles. The molecule has 0 aromatic heterocycles. The Labute approximate surface area is 156 Å². The predicted octanol–water partition coefficient (Wildman–Crippen LogP) is 2.22. The van der Waals surface area contributed by atoms with Crippen LogP contribution in [-0.2, 0) is 11.3 Å². The summed E-state index contributed by atoms with van der Waals surface area (Å²) in [5, 5.41) is 0.695. The summed E-state index contributed by atoms with van der Waals surface area (Å²) in [5.74, 6) is 0.770. The van der Waals surface area contributed by atoms with Gasteiger partial charge in [-0.25, -0.2) is 0 Å². The van der Waals surface area contributed by atoms with Crippen LogP contribution in [0.1, 0.15) is 18.9 Å². The van der Waals surface area contributed by atoms with Crippen molar-refractivity contribution in [1.82, 2.24) is 9.80 Å². The van der Waals surface area contributed by atoms with Crippen molar-refractivity contribution in [2.24, 2.45) is 11.1 Å². The third-order valence-electron chi connectivity index (χ3n) is 5.30.